The zero-order chi connectivity index (χ0) is 33.9. The van der Waals surface area contributed by atoms with Crippen LogP contribution in [0.3, 0.4) is 0 Å². The molecule has 1 aromatic heterocycles. The summed E-state index contributed by atoms with van der Waals surface area (Å²) >= 11 is 4.84. The lowest BCUT2D eigenvalue weighted by Gasteiger charge is -2.43. The first-order chi connectivity index (χ1) is 23.2. The molecule has 4 heterocycles. The van der Waals surface area contributed by atoms with Crippen LogP contribution in [0.4, 0.5) is 14.9 Å². The van der Waals surface area contributed by atoms with Crippen molar-refractivity contribution in [1.29, 1.82) is 0 Å². The topological polar surface area (TPSA) is 148 Å². The van der Waals surface area contributed by atoms with E-state index in [0.29, 0.717) is 58.3 Å². The molecule has 2 saturated heterocycles. The summed E-state index contributed by atoms with van der Waals surface area (Å²) in [7, 11) is 0. The molecule has 15 heteroatoms. The molecule has 0 unspecified atom stereocenters. The normalized spacial score (nSPS) is 21.2. The lowest BCUT2D eigenvalue weighted by molar-refractivity contribution is -0.139. The van der Waals surface area contributed by atoms with Gasteiger partial charge in [-0.1, -0.05) is 34.1 Å². The number of aliphatic hydroxyl groups is 1. The summed E-state index contributed by atoms with van der Waals surface area (Å²) in [6.07, 6.45) is 2.07. The molecule has 0 saturated carbocycles. The van der Waals surface area contributed by atoms with Gasteiger partial charge in [0.15, 0.2) is 10.8 Å². The fraction of sp³-hybridized carbons (Fsp3) is 0.364. The van der Waals surface area contributed by atoms with Crippen LogP contribution in [0.1, 0.15) is 35.5 Å². The highest BCUT2D eigenvalue weighted by atomic mass is 79.9. The van der Waals surface area contributed by atoms with E-state index < -0.39 is 29.8 Å². The number of aliphatic hydroxyl groups excluding tert-OH is 1. The van der Waals surface area contributed by atoms with Gasteiger partial charge in [-0.2, -0.15) is 0 Å². The lowest BCUT2D eigenvalue weighted by atomic mass is 9.94. The molecule has 0 spiro atoms. The molecule has 2 fully saturated rings. The van der Waals surface area contributed by atoms with Crippen molar-refractivity contribution < 1.29 is 33.7 Å². The minimum atomic E-state index is -0.871. The highest BCUT2D eigenvalue weighted by molar-refractivity contribution is 9.10. The zero-order valence-corrected chi connectivity index (χ0v) is 28.4. The molecule has 0 aliphatic carbocycles. The van der Waals surface area contributed by atoms with E-state index >= 15 is 0 Å². The third-order valence-corrected chi connectivity index (χ3v) is 10.2. The number of fused-ring (bicyclic) bond motifs is 1. The summed E-state index contributed by atoms with van der Waals surface area (Å²) < 4.78 is 20.1. The molecule has 0 radical (unpaired) electrons. The van der Waals surface area contributed by atoms with Crippen molar-refractivity contribution in [1.82, 2.24) is 20.1 Å². The number of carboxylic acids is 1. The van der Waals surface area contributed by atoms with E-state index in [4.69, 9.17) is 14.8 Å². The van der Waals surface area contributed by atoms with Gasteiger partial charge in [-0.05, 0) is 48.7 Å². The number of rotatable bonds is 11. The summed E-state index contributed by atoms with van der Waals surface area (Å²) in [4.78, 5) is 53.0. The van der Waals surface area contributed by atoms with Crippen LogP contribution in [0.25, 0.3) is 0 Å². The third kappa shape index (κ3) is 6.86. The van der Waals surface area contributed by atoms with Gasteiger partial charge in [-0.25, -0.2) is 19.0 Å². The van der Waals surface area contributed by atoms with Crippen molar-refractivity contribution in [2.24, 2.45) is 4.99 Å². The standard InChI is InChI=1S/C33H34BrFN6O6S/c1-2-47-32(45)28-24(37-30(31-36-11-14-48-31)38-29(28)22-9-6-20(35)15-23(22)34)16-39-12-13-40-25(26(39)18-42)17-41(33(40)46)21-7-3-19(4-8-21)5-10-27(43)44/h3-4,6-9,11,14-15,25-26,29,42H,2,5,10,12-13,16-18H2,1H3,(H,37,38)(H,43,44)/t25-,26-,29+/m1/s1. The number of anilines is 1. The molecule has 2 aromatic carbocycles. The maximum atomic E-state index is 14.1. The summed E-state index contributed by atoms with van der Waals surface area (Å²) in [6, 6.07) is 9.70. The van der Waals surface area contributed by atoms with Gasteiger partial charge in [0.1, 0.15) is 11.9 Å². The SMILES string of the molecule is CCOC(=O)C1=C(CN2CCN3C(=O)N(c4ccc(CCC(=O)O)cc4)C[C@@H]3[C@H]2CO)NC(c2nccs2)=N[C@H]1c1ccc(F)cc1Br. The Morgan fingerprint density at radius 1 is 1.19 bits per heavy atom. The Balaban J connectivity index is 1.30. The van der Waals surface area contributed by atoms with Crippen LogP contribution in [0, 0.1) is 5.82 Å². The van der Waals surface area contributed by atoms with Gasteiger partial charge < -0.3 is 25.2 Å². The molecule has 252 valence electrons. The smallest absolute Gasteiger partial charge is 0.338 e. The third-order valence-electron chi connectivity index (χ3n) is 8.73. The number of halogens is 2. The second-order valence-electron chi connectivity index (χ2n) is 11.6. The lowest BCUT2D eigenvalue weighted by Crippen LogP contribution is -2.61. The van der Waals surface area contributed by atoms with Crippen LogP contribution < -0.4 is 10.2 Å². The van der Waals surface area contributed by atoms with Crippen molar-refractivity contribution in [2.45, 2.75) is 37.9 Å². The Kier molecular flexibility index (Phi) is 10.2. The number of carbonyl (C=O) groups is 3. The number of carbonyl (C=O) groups excluding carboxylic acids is 2. The minimum absolute atomic E-state index is 0.0220. The first-order valence-corrected chi connectivity index (χ1v) is 17.2. The Hall–Kier alpha value is -4.18. The second-order valence-corrected chi connectivity index (χ2v) is 13.3. The summed E-state index contributed by atoms with van der Waals surface area (Å²) in [6.45, 7) is 2.97. The van der Waals surface area contributed by atoms with Crippen LogP contribution >= 0.6 is 27.3 Å². The number of nitrogens with one attached hydrogen (secondary N) is 1. The van der Waals surface area contributed by atoms with Crippen LogP contribution in [-0.4, -0.2) is 100 Å². The molecular weight excluding hydrogens is 707 g/mol. The number of hydrogen-bond donors (Lipinski definition) is 3. The number of hydrogen-bond acceptors (Lipinski definition) is 10. The quantitative estimate of drug-likeness (QED) is 0.249. The first-order valence-electron chi connectivity index (χ1n) is 15.5. The van der Waals surface area contributed by atoms with Crippen LogP contribution in [0.15, 0.2) is 74.8 Å². The van der Waals surface area contributed by atoms with Crippen molar-refractivity contribution in [3.05, 3.63) is 91.7 Å². The Labute approximate surface area is 288 Å². The molecule has 3 aliphatic rings. The van der Waals surface area contributed by atoms with Crippen molar-refractivity contribution >= 4 is 56.8 Å². The number of nitrogens with zero attached hydrogens (tertiary/aromatic N) is 5. The zero-order valence-electron chi connectivity index (χ0n) is 26.0. The fourth-order valence-corrected chi connectivity index (χ4v) is 7.57. The van der Waals surface area contributed by atoms with Crippen molar-refractivity contribution in [3.63, 3.8) is 0 Å². The molecule has 3 atom stereocenters. The molecule has 2 amide bonds. The van der Waals surface area contributed by atoms with Gasteiger partial charge in [-0.3, -0.25) is 19.6 Å². The number of aliphatic carboxylic acids is 1. The predicted molar refractivity (Wildman–Crippen MR) is 180 cm³/mol. The number of thiazole rings is 1. The number of amides is 2. The first kappa shape index (κ1) is 33.7. The van der Waals surface area contributed by atoms with Crippen LogP contribution in [-0.2, 0) is 20.7 Å². The minimum Gasteiger partial charge on any atom is -0.481 e. The van der Waals surface area contributed by atoms with Gasteiger partial charge in [0.05, 0.1) is 30.9 Å². The number of piperazine rings is 1. The van der Waals surface area contributed by atoms with Crippen molar-refractivity contribution in [3.8, 4) is 0 Å². The van der Waals surface area contributed by atoms with E-state index in [1.165, 1.54) is 23.5 Å². The largest absolute Gasteiger partial charge is 0.481 e. The number of esters is 1. The monoisotopic (exact) mass is 740 g/mol. The number of urea groups is 1. The summed E-state index contributed by atoms with van der Waals surface area (Å²) in [5, 5.41) is 25.5. The number of carboxylic acid groups (broad SMARTS) is 1. The van der Waals surface area contributed by atoms with Gasteiger partial charge in [-0.15, -0.1) is 11.3 Å². The van der Waals surface area contributed by atoms with Gasteiger partial charge in [0.2, 0.25) is 0 Å². The van der Waals surface area contributed by atoms with E-state index in [9.17, 15) is 23.9 Å². The number of benzene rings is 2. The number of aliphatic imine (C=N–C) groups is 1. The molecule has 3 aliphatic heterocycles. The van der Waals surface area contributed by atoms with E-state index in [-0.39, 0.29) is 43.8 Å². The average Bonchev–Trinajstić information content (AvgIpc) is 3.72. The van der Waals surface area contributed by atoms with E-state index in [0.717, 1.165) is 5.56 Å². The van der Waals surface area contributed by atoms with Crippen LogP contribution in [0.5, 0.6) is 0 Å². The maximum Gasteiger partial charge on any atom is 0.338 e. The fourth-order valence-electron chi connectivity index (χ4n) is 6.41. The molecule has 0 bridgehead atoms. The number of amidine groups is 1. The van der Waals surface area contributed by atoms with E-state index in [1.807, 2.05) is 29.6 Å². The number of ether oxygens (including phenoxy) is 1. The van der Waals surface area contributed by atoms with Gasteiger partial charge in [0, 0.05) is 60.0 Å². The van der Waals surface area contributed by atoms with Crippen molar-refractivity contribution in [2.75, 3.05) is 44.3 Å². The highest BCUT2D eigenvalue weighted by Gasteiger charge is 2.47. The summed E-state index contributed by atoms with van der Waals surface area (Å²) in [5.41, 5.74) is 2.90. The van der Waals surface area contributed by atoms with E-state index in [1.54, 1.807) is 29.0 Å². The second kappa shape index (κ2) is 14.5. The Bertz CT molecular complexity index is 1750. The molecule has 6 rings (SSSR count). The molecule has 3 N–H and O–H groups in total. The average molecular weight is 742 g/mol. The summed E-state index contributed by atoms with van der Waals surface area (Å²) in [5.74, 6) is -1.44. The molecule has 48 heavy (non-hydrogen) atoms. The van der Waals surface area contributed by atoms with Gasteiger partial charge in [0.25, 0.3) is 0 Å². The molecule has 3 aromatic rings. The Morgan fingerprint density at radius 3 is 2.65 bits per heavy atom. The number of aryl methyl sites for hydroxylation is 1. The van der Waals surface area contributed by atoms with Gasteiger partial charge >= 0.3 is 18.0 Å². The highest BCUT2D eigenvalue weighted by Crippen LogP contribution is 2.38. The maximum absolute atomic E-state index is 14.1. The van der Waals surface area contributed by atoms with E-state index in [2.05, 4.69) is 31.1 Å². The Morgan fingerprint density at radius 2 is 1.98 bits per heavy atom. The van der Waals surface area contributed by atoms with Crippen LogP contribution in [0.2, 0.25) is 0 Å². The number of aromatic nitrogens is 1. The predicted octanol–water partition coefficient (Wildman–Crippen LogP) is 3.96. The molecular formula is C33H34BrFN6O6S. The molecule has 12 nitrogen and oxygen atoms in total.